The molecule has 2 heteroatoms. The lowest BCUT2D eigenvalue weighted by Crippen LogP contribution is -2.27. The number of hydrogen-bond acceptors (Lipinski definition) is 2. The van der Waals surface area contributed by atoms with E-state index in [0.717, 1.165) is 34.9 Å². The molecule has 0 amide bonds. The topological polar surface area (TPSA) is 24.7 Å². The molecule has 0 aliphatic rings. The van der Waals surface area contributed by atoms with Crippen LogP contribution in [0, 0.1) is 6.92 Å². The first-order valence-electron chi connectivity index (χ1n) is 15.2. The van der Waals surface area contributed by atoms with E-state index < -0.39 is 0 Å². The van der Waals surface area contributed by atoms with E-state index in [0.29, 0.717) is 11.8 Å². The van der Waals surface area contributed by atoms with Crippen molar-refractivity contribution >= 4 is 43.7 Å². The van der Waals surface area contributed by atoms with E-state index in [2.05, 4.69) is 127 Å². The van der Waals surface area contributed by atoms with Gasteiger partial charge in [-0.3, -0.25) is 0 Å². The molecule has 0 heterocycles. The molecule has 0 radical (unpaired) electrons. The van der Waals surface area contributed by atoms with Crippen LogP contribution in [0.15, 0.2) is 88.8 Å². The Morgan fingerprint density at radius 3 is 1.44 bits per heavy atom. The molecular formula is C39H40N2. The Balaban J connectivity index is 1.91. The Morgan fingerprint density at radius 2 is 1.00 bits per heavy atom. The maximum Gasteiger partial charge on any atom is 0.0979 e. The molecule has 0 aliphatic heterocycles. The molecule has 6 aromatic carbocycles. The number of nitrogens with zero attached hydrogens (tertiary/aromatic N) is 2. The second-order valence-corrected chi connectivity index (χ2v) is 12.0. The first-order valence-corrected chi connectivity index (χ1v) is 15.2. The van der Waals surface area contributed by atoms with Crippen molar-refractivity contribution < 1.29 is 0 Å². The fraction of sp³-hybridized carbons (Fsp3) is 0.282. The highest BCUT2D eigenvalue weighted by Gasteiger charge is 2.17. The Hall–Kier alpha value is -4.04. The number of hydrogen-bond donors (Lipinski definition) is 0. The predicted octanol–water partition coefficient (Wildman–Crippen LogP) is 10.2. The first-order chi connectivity index (χ1) is 19.8. The summed E-state index contributed by atoms with van der Waals surface area (Å²) in [5.74, 6) is 0.720. The predicted molar refractivity (Wildman–Crippen MR) is 176 cm³/mol. The molecule has 0 aliphatic carbocycles. The second kappa shape index (κ2) is 10.7. The normalized spacial score (nSPS) is 13.2. The van der Waals surface area contributed by atoms with Crippen LogP contribution < -0.4 is 10.7 Å². The number of para-hydroxylation sites is 1. The average Bonchev–Trinajstić information content (AvgIpc) is 2.97. The van der Waals surface area contributed by atoms with Gasteiger partial charge in [-0.1, -0.05) is 126 Å². The van der Waals surface area contributed by atoms with E-state index in [4.69, 9.17) is 9.98 Å². The molecule has 0 fully saturated rings. The molecule has 0 saturated carbocycles. The van der Waals surface area contributed by atoms with Crippen LogP contribution in [-0.2, 0) is 12.8 Å². The summed E-state index contributed by atoms with van der Waals surface area (Å²) in [6.45, 7) is 15.7. The van der Waals surface area contributed by atoms with E-state index in [1.165, 1.54) is 60.1 Å². The maximum absolute atomic E-state index is 5.66. The molecule has 0 saturated heterocycles. The molecule has 0 spiro atoms. The monoisotopic (exact) mass is 536 g/mol. The highest BCUT2D eigenvalue weighted by Crippen LogP contribution is 2.36. The van der Waals surface area contributed by atoms with Crippen molar-refractivity contribution in [2.45, 2.75) is 73.1 Å². The zero-order chi connectivity index (χ0) is 28.8. The van der Waals surface area contributed by atoms with Gasteiger partial charge in [-0.05, 0) is 75.4 Å². The summed E-state index contributed by atoms with van der Waals surface area (Å²) in [7, 11) is 0. The zero-order valence-corrected chi connectivity index (χ0v) is 25.5. The van der Waals surface area contributed by atoms with Crippen molar-refractivity contribution in [2.24, 2.45) is 9.98 Å². The van der Waals surface area contributed by atoms with Crippen molar-refractivity contribution in [1.29, 1.82) is 0 Å². The lowest BCUT2D eigenvalue weighted by atomic mass is 9.91. The van der Waals surface area contributed by atoms with Gasteiger partial charge in [-0.15, -0.1) is 0 Å². The van der Waals surface area contributed by atoms with E-state index in [1.807, 2.05) is 0 Å². The van der Waals surface area contributed by atoms with Crippen molar-refractivity contribution in [2.75, 3.05) is 0 Å². The largest absolute Gasteiger partial charge is 0.246 e. The number of rotatable bonds is 6. The molecule has 0 unspecified atom stereocenters. The Morgan fingerprint density at radius 1 is 0.561 bits per heavy atom. The summed E-state index contributed by atoms with van der Waals surface area (Å²) < 4.78 is 0. The van der Waals surface area contributed by atoms with Gasteiger partial charge in [0.25, 0.3) is 0 Å². The molecule has 41 heavy (non-hydrogen) atoms. The van der Waals surface area contributed by atoms with Gasteiger partial charge in [0.15, 0.2) is 0 Å². The standard InChI is InChI=1S/C39H40N2/c1-8-26-21-25(7)22-27(9-2)36(26)40-38-32-17-10-13-28-19-20-29-14-11-18-33(35(29)34(28)32)39(38)41-37-30(23(3)4)15-12-16-31(37)24(5)6/h10-24H,8-9H2,1-7H3. The summed E-state index contributed by atoms with van der Waals surface area (Å²) >= 11 is 0. The Kier molecular flexibility index (Phi) is 7.11. The molecule has 6 rings (SSSR count). The van der Waals surface area contributed by atoms with Gasteiger partial charge in [-0.25, -0.2) is 9.98 Å². The number of aryl methyl sites for hydroxylation is 3. The van der Waals surface area contributed by atoms with Crippen LogP contribution in [0.1, 0.15) is 81.2 Å². The fourth-order valence-electron chi connectivity index (χ4n) is 6.51. The van der Waals surface area contributed by atoms with E-state index >= 15 is 0 Å². The molecule has 206 valence electrons. The third-order valence-electron chi connectivity index (χ3n) is 8.58. The summed E-state index contributed by atoms with van der Waals surface area (Å²) in [5.41, 5.74) is 8.65. The second-order valence-electron chi connectivity index (χ2n) is 12.0. The molecule has 0 aromatic heterocycles. The molecule has 6 aromatic rings. The van der Waals surface area contributed by atoms with Gasteiger partial charge in [-0.2, -0.15) is 0 Å². The van der Waals surface area contributed by atoms with E-state index in [-0.39, 0.29) is 0 Å². The van der Waals surface area contributed by atoms with Crippen LogP contribution in [-0.4, -0.2) is 0 Å². The van der Waals surface area contributed by atoms with Gasteiger partial charge in [0, 0.05) is 10.8 Å². The van der Waals surface area contributed by atoms with Gasteiger partial charge in [0.1, 0.15) is 0 Å². The number of benzene rings is 6. The van der Waals surface area contributed by atoms with Gasteiger partial charge >= 0.3 is 0 Å². The summed E-state index contributed by atoms with van der Waals surface area (Å²) in [4.78, 5) is 11.3. The van der Waals surface area contributed by atoms with Crippen LogP contribution in [0.4, 0.5) is 11.4 Å². The van der Waals surface area contributed by atoms with E-state index in [9.17, 15) is 0 Å². The minimum atomic E-state index is 0.360. The van der Waals surface area contributed by atoms with E-state index in [1.54, 1.807) is 0 Å². The van der Waals surface area contributed by atoms with Crippen LogP contribution in [0.2, 0.25) is 0 Å². The van der Waals surface area contributed by atoms with Crippen LogP contribution in [0.3, 0.4) is 0 Å². The first kappa shape index (κ1) is 27.1. The van der Waals surface area contributed by atoms with Crippen molar-refractivity contribution in [3.8, 4) is 0 Å². The van der Waals surface area contributed by atoms with Gasteiger partial charge in [0.05, 0.1) is 22.1 Å². The molecule has 0 bridgehead atoms. The van der Waals surface area contributed by atoms with Crippen LogP contribution in [0.25, 0.3) is 32.3 Å². The lowest BCUT2D eigenvalue weighted by Gasteiger charge is -2.17. The van der Waals surface area contributed by atoms with Crippen LogP contribution >= 0.6 is 0 Å². The lowest BCUT2D eigenvalue weighted by molar-refractivity contribution is 0.832. The van der Waals surface area contributed by atoms with Crippen LogP contribution in [0.5, 0.6) is 0 Å². The van der Waals surface area contributed by atoms with Crippen molar-refractivity contribution in [3.05, 3.63) is 117 Å². The third kappa shape index (κ3) is 4.60. The average molecular weight is 537 g/mol. The van der Waals surface area contributed by atoms with Gasteiger partial charge < -0.3 is 0 Å². The molecule has 0 N–H and O–H groups in total. The summed E-state index contributed by atoms with van der Waals surface area (Å²) in [6.07, 6.45) is 1.88. The summed E-state index contributed by atoms with van der Waals surface area (Å²) in [5, 5.41) is 9.34. The zero-order valence-electron chi connectivity index (χ0n) is 25.5. The molecule has 0 atom stereocenters. The smallest absolute Gasteiger partial charge is 0.0979 e. The summed E-state index contributed by atoms with van der Waals surface area (Å²) in [6, 6.07) is 29.1. The molecule has 2 nitrogen and oxygen atoms in total. The fourth-order valence-corrected chi connectivity index (χ4v) is 6.51. The Bertz CT molecular complexity index is 1980. The third-order valence-corrected chi connectivity index (χ3v) is 8.58. The highest BCUT2D eigenvalue weighted by molar-refractivity contribution is 6.22. The van der Waals surface area contributed by atoms with Gasteiger partial charge in [0.2, 0.25) is 0 Å². The maximum atomic E-state index is 5.66. The Labute approximate surface area is 243 Å². The quantitative estimate of drug-likeness (QED) is 0.189. The van der Waals surface area contributed by atoms with Crippen molar-refractivity contribution in [1.82, 2.24) is 0 Å². The highest BCUT2D eigenvalue weighted by atomic mass is 14.8. The SMILES string of the molecule is CCc1cc(C)cc(CC)c1N=c1c(=Nc2c(C(C)C)cccc2C(C)C)c2cccc3ccc4cccc1c4c32. The minimum Gasteiger partial charge on any atom is -0.246 e. The molecular weight excluding hydrogens is 496 g/mol. The van der Waals surface area contributed by atoms with Crippen molar-refractivity contribution in [3.63, 3.8) is 0 Å². The minimum absolute atomic E-state index is 0.360.